The highest BCUT2D eigenvalue weighted by Crippen LogP contribution is 2.33. The van der Waals surface area contributed by atoms with Gasteiger partial charge in [-0.25, -0.2) is 0 Å². The standard InChI is InChI=1S/C24H40O20/c25-1-5-11(29)19-17(35)21(39-5)37-3-7-9(27)14(32)16(34)24(42-7)44-20-12(30)6(2-26)40-22(18(20)36)38-4-8-10(28)13(31)15(33)23(41-8)43-19/h5-36H,1-4H2/t5-,6-,7-,8-,9-,10-,11-,12-,13+,14+,15-,16-,17-,18-,19+,20+,21+,22+,23-,24-/m1/s1. The second-order valence-corrected chi connectivity index (χ2v) is 11.3. The lowest BCUT2D eigenvalue weighted by Gasteiger charge is -2.48. The Labute approximate surface area is 249 Å². The van der Waals surface area contributed by atoms with E-state index in [1.807, 2.05) is 0 Å². The fourth-order valence-electron chi connectivity index (χ4n) is 5.73. The molecule has 5 heterocycles. The molecule has 5 saturated heterocycles. The molecule has 8 bridgehead atoms. The molecular weight excluding hydrogens is 608 g/mol. The predicted octanol–water partition coefficient (Wildman–Crippen LogP) is -8.70. The van der Waals surface area contributed by atoms with Gasteiger partial charge in [0.1, 0.15) is 97.7 Å². The number of hydrogen-bond donors (Lipinski definition) is 12. The Morgan fingerprint density at radius 2 is 0.727 bits per heavy atom. The van der Waals surface area contributed by atoms with E-state index in [0.29, 0.717) is 0 Å². The van der Waals surface area contributed by atoms with E-state index >= 15 is 0 Å². The first-order valence-electron chi connectivity index (χ1n) is 14.1. The average molecular weight is 649 g/mol. The zero-order chi connectivity index (χ0) is 32.0. The number of ether oxygens (including phenoxy) is 8. The molecule has 0 unspecified atom stereocenters. The molecule has 0 spiro atoms. The van der Waals surface area contributed by atoms with Crippen LogP contribution >= 0.6 is 0 Å². The predicted molar refractivity (Wildman–Crippen MR) is 131 cm³/mol. The summed E-state index contributed by atoms with van der Waals surface area (Å²) < 4.78 is 44.3. The normalized spacial score (nSPS) is 55.9. The maximum Gasteiger partial charge on any atom is 0.187 e. The Hall–Kier alpha value is -0.800. The first-order chi connectivity index (χ1) is 20.9. The van der Waals surface area contributed by atoms with Crippen LogP contribution in [0.5, 0.6) is 0 Å². The molecule has 256 valence electrons. The lowest BCUT2D eigenvalue weighted by atomic mass is 9.96. The fraction of sp³-hybridized carbons (Fsp3) is 1.00. The van der Waals surface area contributed by atoms with E-state index in [0.717, 1.165) is 0 Å². The second-order valence-electron chi connectivity index (χ2n) is 11.3. The Bertz CT molecular complexity index is 860. The topological polar surface area (TPSA) is 317 Å². The summed E-state index contributed by atoms with van der Waals surface area (Å²) in [6.07, 6.45) is -34.8. The number of hydrogen-bond acceptors (Lipinski definition) is 20. The third-order valence-corrected chi connectivity index (χ3v) is 8.41. The summed E-state index contributed by atoms with van der Waals surface area (Å²) in [5.41, 5.74) is 0. The summed E-state index contributed by atoms with van der Waals surface area (Å²) in [4.78, 5) is 0. The third-order valence-electron chi connectivity index (χ3n) is 8.41. The molecule has 44 heavy (non-hydrogen) atoms. The molecule has 5 rings (SSSR count). The molecule has 5 fully saturated rings. The van der Waals surface area contributed by atoms with Gasteiger partial charge in [0.15, 0.2) is 25.2 Å². The van der Waals surface area contributed by atoms with Crippen molar-refractivity contribution in [3.63, 3.8) is 0 Å². The second kappa shape index (κ2) is 14.1. The summed E-state index contributed by atoms with van der Waals surface area (Å²) in [5, 5.41) is 126. The molecule has 0 aromatic heterocycles. The van der Waals surface area contributed by atoms with Crippen molar-refractivity contribution >= 4 is 0 Å². The summed E-state index contributed by atoms with van der Waals surface area (Å²) >= 11 is 0. The van der Waals surface area contributed by atoms with Gasteiger partial charge in [-0.15, -0.1) is 0 Å². The number of aliphatic hydroxyl groups is 12. The van der Waals surface area contributed by atoms with E-state index in [1.54, 1.807) is 0 Å². The molecule has 20 nitrogen and oxygen atoms in total. The first kappa shape index (κ1) is 34.5. The van der Waals surface area contributed by atoms with Gasteiger partial charge in [0.05, 0.1) is 26.4 Å². The van der Waals surface area contributed by atoms with Crippen molar-refractivity contribution in [2.45, 2.75) is 123 Å². The minimum atomic E-state index is -1.93. The van der Waals surface area contributed by atoms with Crippen LogP contribution < -0.4 is 0 Å². The highest BCUT2D eigenvalue weighted by Gasteiger charge is 2.54. The lowest BCUT2D eigenvalue weighted by molar-refractivity contribution is -0.383. The van der Waals surface area contributed by atoms with Crippen molar-refractivity contribution in [2.75, 3.05) is 26.4 Å². The lowest BCUT2D eigenvalue weighted by Crippen LogP contribution is -2.67. The van der Waals surface area contributed by atoms with Gasteiger partial charge in [0.2, 0.25) is 0 Å². The van der Waals surface area contributed by atoms with Crippen molar-refractivity contribution in [2.24, 2.45) is 0 Å². The summed E-state index contributed by atoms with van der Waals surface area (Å²) in [6, 6.07) is 0. The minimum absolute atomic E-state index is 0.674. The van der Waals surface area contributed by atoms with E-state index in [2.05, 4.69) is 0 Å². The van der Waals surface area contributed by atoms with Crippen molar-refractivity contribution in [1.29, 1.82) is 0 Å². The van der Waals surface area contributed by atoms with E-state index in [1.165, 1.54) is 0 Å². The largest absolute Gasteiger partial charge is 0.394 e. The molecule has 0 aromatic carbocycles. The molecule has 5 aliphatic heterocycles. The van der Waals surface area contributed by atoms with Gasteiger partial charge < -0.3 is 99.2 Å². The van der Waals surface area contributed by atoms with E-state index in [-0.39, 0.29) is 0 Å². The minimum Gasteiger partial charge on any atom is -0.394 e. The van der Waals surface area contributed by atoms with Gasteiger partial charge in [0.25, 0.3) is 0 Å². The van der Waals surface area contributed by atoms with Gasteiger partial charge in [-0.05, 0) is 0 Å². The molecule has 12 N–H and O–H groups in total. The zero-order valence-electron chi connectivity index (χ0n) is 23.0. The quantitative estimate of drug-likeness (QED) is 0.132. The van der Waals surface area contributed by atoms with Gasteiger partial charge in [-0.2, -0.15) is 0 Å². The molecule has 0 amide bonds. The van der Waals surface area contributed by atoms with Crippen molar-refractivity contribution in [3.05, 3.63) is 0 Å². The Kier molecular flexibility index (Phi) is 11.1. The first-order valence-corrected chi connectivity index (χ1v) is 14.1. The number of aliphatic hydroxyl groups excluding tert-OH is 12. The van der Waals surface area contributed by atoms with E-state index in [9.17, 15) is 61.3 Å². The van der Waals surface area contributed by atoms with Crippen LogP contribution in [0.3, 0.4) is 0 Å². The molecular formula is C24H40O20. The van der Waals surface area contributed by atoms with Crippen LogP contribution in [0.1, 0.15) is 0 Å². The fourth-order valence-corrected chi connectivity index (χ4v) is 5.73. The maximum absolute atomic E-state index is 11.0. The number of fused-ring (bicyclic) bond motifs is 8. The summed E-state index contributed by atoms with van der Waals surface area (Å²) in [7, 11) is 0. The van der Waals surface area contributed by atoms with Gasteiger partial charge in [0, 0.05) is 0 Å². The summed E-state index contributed by atoms with van der Waals surface area (Å²) in [5.74, 6) is 0. The molecule has 0 aliphatic carbocycles. The summed E-state index contributed by atoms with van der Waals surface area (Å²) in [6.45, 7) is -2.95. The molecule has 20 atom stereocenters. The zero-order valence-corrected chi connectivity index (χ0v) is 23.0. The van der Waals surface area contributed by atoms with Gasteiger partial charge in [-0.1, -0.05) is 0 Å². The van der Waals surface area contributed by atoms with Crippen LogP contribution in [0.15, 0.2) is 0 Å². The highest BCUT2D eigenvalue weighted by molar-refractivity contribution is 4.97. The van der Waals surface area contributed by atoms with E-state index in [4.69, 9.17) is 37.9 Å². The molecule has 0 radical (unpaired) electrons. The van der Waals surface area contributed by atoms with Crippen LogP contribution in [0, 0.1) is 0 Å². The van der Waals surface area contributed by atoms with Gasteiger partial charge in [-0.3, -0.25) is 0 Å². The average Bonchev–Trinajstić information content (AvgIpc) is 3.01. The molecule has 0 saturated carbocycles. The number of rotatable bonds is 2. The van der Waals surface area contributed by atoms with Crippen molar-refractivity contribution in [3.8, 4) is 0 Å². The van der Waals surface area contributed by atoms with Crippen molar-refractivity contribution in [1.82, 2.24) is 0 Å². The molecule has 20 heteroatoms. The van der Waals surface area contributed by atoms with E-state index < -0.39 is 149 Å². The Morgan fingerprint density at radius 1 is 0.364 bits per heavy atom. The Morgan fingerprint density at radius 3 is 1.07 bits per heavy atom. The van der Waals surface area contributed by atoms with Crippen LogP contribution in [0.2, 0.25) is 0 Å². The van der Waals surface area contributed by atoms with Crippen LogP contribution in [0.25, 0.3) is 0 Å². The van der Waals surface area contributed by atoms with Crippen molar-refractivity contribution < 1.29 is 99.2 Å². The smallest absolute Gasteiger partial charge is 0.187 e. The monoisotopic (exact) mass is 648 g/mol. The van der Waals surface area contributed by atoms with Crippen LogP contribution in [-0.4, -0.2) is 211 Å². The van der Waals surface area contributed by atoms with Crippen LogP contribution in [-0.2, 0) is 37.9 Å². The highest BCUT2D eigenvalue weighted by atomic mass is 16.8. The molecule has 5 aliphatic rings. The van der Waals surface area contributed by atoms with Crippen LogP contribution in [0.4, 0.5) is 0 Å². The maximum atomic E-state index is 11.0. The van der Waals surface area contributed by atoms with Gasteiger partial charge >= 0.3 is 0 Å². The Balaban J connectivity index is 1.47. The molecule has 0 aromatic rings. The third kappa shape index (κ3) is 6.50. The SMILES string of the molecule is OC[C@H]1O[C@@H]2OC[C@H]3O[C@H](O[C@@H]4[C@@H](O)[C@@H](OC[C@H]5O[C@H](O[C@H]([C@H]2O)[C@@H]1O)[C@H](O)[C@@H](O)[C@@H]5O)O[C@H](CO)[C@H]4O)[C@H](O)[C@@H](O)[C@@H]3O.